The van der Waals surface area contributed by atoms with Crippen LogP contribution >= 0.6 is 11.3 Å². The van der Waals surface area contributed by atoms with Gasteiger partial charge >= 0.3 is 6.36 Å². The molecule has 5 rings (SSSR count). The molecule has 0 aliphatic heterocycles. The standard InChI is InChI=1S/C34H37F3N6O3S/c1-6-23(18-38-32(44)40-33-43(22(4)19-47-33)30-16-15-28(45-5)17-29(30)21(2)3)24-7-9-25(10-8-24)31-39-20-42(41-31)26-11-13-27(14-12-26)46-34(35,36)37/h7-17,19-21,23,32,38,44H,6,18H2,1-5H3/b40-33-. The summed E-state index contributed by atoms with van der Waals surface area (Å²) in [6, 6.07) is 19.3. The van der Waals surface area contributed by atoms with Crippen LogP contribution in [-0.4, -0.2) is 50.8 Å². The summed E-state index contributed by atoms with van der Waals surface area (Å²) in [4.78, 5) is 9.67. The van der Waals surface area contributed by atoms with Crippen molar-refractivity contribution in [3.63, 3.8) is 0 Å². The van der Waals surface area contributed by atoms with E-state index in [1.807, 2.05) is 54.8 Å². The zero-order chi connectivity index (χ0) is 33.7. The predicted molar refractivity (Wildman–Crippen MR) is 175 cm³/mol. The third-order valence-electron chi connectivity index (χ3n) is 7.72. The molecular weight excluding hydrogens is 629 g/mol. The van der Waals surface area contributed by atoms with E-state index in [1.54, 1.807) is 7.11 Å². The Morgan fingerprint density at radius 1 is 1.02 bits per heavy atom. The Hall–Kier alpha value is -4.46. The van der Waals surface area contributed by atoms with Gasteiger partial charge in [0.25, 0.3) is 0 Å². The number of nitrogens with zero attached hydrogens (tertiary/aromatic N) is 5. The number of benzene rings is 3. The lowest BCUT2D eigenvalue weighted by molar-refractivity contribution is -0.274. The summed E-state index contributed by atoms with van der Waals surface area (Å²) in [5.41, 5.74) is 5.57. The van der Waals surface area contributed by atoms with Crippen molar-refractivity contribution >= 4 is 11.3 Å². The average molecular weight is 667 g/mol. The number of hydrogen-bond donors (Lipinski definition) is 2. The third kappa shape index (κ3) is 8.28. The molecule has 2 atom stereocenters. The summed E-state index contributed by atoms with van der Waals surface area (Å²) in [5.74, 6) is 1.33. The van der Waals surface area contributed by atoms with Crippen LogP contribution in [0.5, 0.6) is 11.5 Å². The lowest BCUT2D eigenvalue weighted by Gasteiger charge is -2.19. The van der Waals surface area contributed by atoms with Gasteiger partial charge in [0, 0.05) is 23.2 Å². The number of aliphatic hydroxyl groups excluding tert-OH is 1. The smallest absolute Gasteiger partial charge is 0.497 e. The molecule has 2 aromatic heterocycles. The van der Waals surface area contributed by atoms with Crippen LogP contribution in [0.4, 0.5) is 13.2 Å². The highest BCUT2D eigenvalue weighted by atomic mass is 32.1. The Morgan fingerprint density at radius 3 is 2.36 bits per heavy atom. The minimum Gasteiger partial charge on any atom is -0.497 e. The van der Waals surface area contributed by atoms with Crippen LogP contribution in [0.1, 0.15) is 55.8 Å². The van der Waals surface area contributed by atoms with Gasteiger partial charge in [-0.3, -0.25) is 9.88 Å². The van der Waals surface area contributed by atoms with Gasteiger partial charge in [0.1, 0.15) is 17.8 Å². The van der Waals surface area contributed by atoms with Gasteiger partial charge < -0.3 is 14.6 Å². The molecule has 0 saturated carbocycles. The first-order valence-corrected chi connectivity index (χ1v) is 16.0. The summed E-state index contributed by atoms with van der Waals surface area (Å²) >= 11 is 1.47. The van der Waals surface area contributed by atoms with Crippen molar-refractivity contribution < 1.29 is 27.8 Å². The van der Waals surface area contributed by atoms with Crippen molar-refractivity contribution in [1.82, 2.24) is 24.6 Å². The summed E-state index contributed by atoms with van der Waals surface area (Å²) in [5, 5.41) is 20.6. The van der Waals surface area contributed by atoms with Gasteiger partial charge in [-0.2, -0.15) is 0 Å². The number of aliphatic hydroxyl groups is 1. The molecule has 0 saturated heterocycles. The van der Waals surface area contributed by atoms with E-state index in [1.165, 1.54) is 46.6 Å². The van der Waals surface area contributed by atoms with E-state index in [4.69, 9.17) is 4.74 Å². The number of alkyl halides is 3. The number of aromatic nitrogens is 4. The number of ether oxygens (including phenoxy) is 2. The van der Waals surface area contributed by atoms with Crippen LogP contribution in [0.25, 0.3) is 22.8 Å². The van der Waals surface area contributed by atoms with Gasteiger partial charge in [-0.1, -0.05) is 45.0 Å². The van der Waals surface area contributed by atoms with Gasteiger partial charge in [0.05, 0.1) is 18.5 Å². The number of methoxy groups -OCH3 is 1. The van der Waals surface area contributed by atoms with Crippen LogP contribution in [0.3, 0.4) is 0 Å². The molecule has 0 amide bonds. The zero-order valence-corrected chi connectivity index (χ0v) is 27.5. The maximum Gasteiger partial charge on any atom is 0.573 e. The number of aryl methyl sites for hydroxylation is 1. The Bertz CT molecular complexity index is 1850. The summed E-state index contributed by atoms with van der Waals surface area (Å²) in [6.07, 6.45) is -3.51. The van der Waals surface area contributed by atoms with E-state index < -0.39 is 12.7 Å². The lowest BCUT2D eigenvalue weighted by atomic mass is 9.95. The Balaban J connectivity index is 1.26. The van der Waals surface area contributed by atoms with E-state index in [0.717, 1.165) is 40.2 Å². The van der Waals surface area contributed by atoms with E-state index in [-0.39, 0.29) is 17.6 Å². The van der Waals surface area contributed by atoms with Crippen molar-refractivity contribution in [3.05, 3.63) is 100 Å². The van der Waals surface area contributed by atoms with E-state index in [9.17, 15) is 18.3 Å². The Morgan fingerprint density at radius 2 is 1.72 bits per heavy atom. The molecule has 47 heavy (non-hydrogen) atoms. The highest BCUT2D eigenvalue weighted by Gasteiger charge is 2.31. The Labute approximate surface area is 275 Å². The van der Waals surface area contributed by atoms with Crippen molar-refractivity contribution in [2.75, 3.05) is 13.7 Å². The number of hydrogen-bond acceptors (Lipinski definition) is 8. The molecule has 5 aromatic rings. The molecule has 13 heteroatoms. The average Bonchev–Trinajstić information content (AvgIpc) is 3.68. The fourth-order valence-electron chi connectivity index (χ4n) is 5.22. The summed E-state index contributed by atoms with van der Waals surface area (Å²) < 4.78 is 50.3. The van der Waals surface area contributed by atoms with Crippen molar-refractivity contribution in [3.8, 4) is 34.3 Å². The highest BCUT2D eigenvalue weighted by molar-refractivity contribution is 7.07. The van der Waals surface area contributed by atoms with Crippen LogP contribution in [0.2, 0.25) is 0 Å². The normalized spacial score (nSPS) is 13.6. The van der Waals surface area contributed by atoms with E-state index in [2.05, 4.69) is 50.5 Å². The first-order chi connectivity index (χ1) is 22.5. The van der Waals surface area contributed by atoms with E-state index >= 15 is 0 Å². The second-order valence-electron chi connectivity index (χ2n) is 11.3. The van der Waals surface area contributed by atoms with Gasteiger partial charge in [-0.15, -0.1) is 29.6 Å². The minimum absolute atomic E-state index is 0.114. The number of halogens is 3. The quantitative estimate of drug-likeness (QED) is 0.138. The van der Waals surface area contributed by atoms with Gasteiger partial charge in [0.2, 0.25) is 6.35 Å². The third-order valence-corrected chi connectivity index (χ3v) is 8.67. The second-order valence-corrected chi connectivity index (χ2v) is 12.1. The highest BCUT2D eigenvalue weighted by Crippen LogP contribution is 2.29. The maximum atomic E-state index is 12.5. The van der Waals surface area contributed by atoms with Gasteiger partial charge in [-0.05, 0) is 78.8 Å². The van der Waals surface area contributed by atoms with Gasteiger partial charge in [0.15, 0.2) is 10.6 Å². The monoisotopic (exact) mass is 666 g/mol. The topological polar surface area (TPSA) is 98.7 Å². The van der Waals surface area contributed by atoms with Crippen molar-refractivity contribution in [2.45, 2.75) is 58.7 Å². The van der Waals surface area contributed by atoms with Gasteiger partial charge in [-0.25, -0.2) is 14.7 Å². The SMILES string of the molecule is CCC(CNC(O)/N=c1\scc(C)n1-c1ccc(OC)cc1C(C)C)c1ccc(-c2ncn(-c3ccc(OC(F)(F)F)cc3)n2)cc1. The summed E-state index contributed by atoms with van der Waals surface area (Å²) in [6.45, 7) is 8.89. The molecule has 0 radical (unpaired) electrons. The fourth-order valence-corrected chi connectivity index (χ4v) is 6.11. The molecule has 0 bridgehead atoms. The first-order valence-electron chi connectivity index (χ1n) is 15.1. The molecule has 9 nitrogen and oxygen atoms in total. The minimum atomic E-state index is -4.75. The lowest BCUT2D eigenvalue weighted by Crippen LogP contribution is -2.33. The largest absolute Gasteiger partial charge is 0.573 e. The van der Waals surface area contributed by atoms with Crippen LogP contribution < -0.4 is 19.6 Å². The number of thiazole rings is 1. The van der Waals surface area contributed by atoms with Crippen molar-refractivity contribution in [1.29, 1.82) is 0 Å². The predicted octanol–water partition coefficient (Wildman–Crippen LogP) is 7.09. The molecule has 248 valence electrons. The zero-order valence-electron chi connectivity index (χ0n) is 26.7. The van der Waals surface area contributed by atoms with Crippen molar-refractivity contribution in [2.24, 2.45) is 4.99 Å². The molecule has 0 fully saturated rings. The molecule has 3 aromatic carbocycles. The Kier molecular flexibility index (Phi) is 10.5. The molecule has 0 aliphatic carbocycles. The summed E-state index contributed by atoms with van der Waals surface area (Å²) in [7, 11) is 1.66. The fraction of sp³-hybridized carbons (Fsp3) is 0.324. The second kappa shape index (κ2) is 14.5. The number of rotatable bonds is 12. The van der Waals surface area contributed by atoms with Crippen LogP contribution in [0, 0.1) is 6.92 Å². The van der Waals surface area contributed by atoms with Crippen LogP contribution in [0.15, 0.2) is 83.4 Å². The first kappa shape index (κ1) is 33.9. The molecular formula is C34H37F3N6O3S. The maximum absolute atomic E-state index is 12.5. The molecule has 0 spiro atoms. The molecule has 0 aliphatic rings. The van der Waals surface area contributed by atoms with E-state index in [0.29, 0.717) is 22.9 Å². The molecule has 2 unspecified atom stereocenters. The number of nitrogens with one attached hydrogen (secondary N) is 1. The van der Waals surface area contributed by atoms with Crippen LogP contribution in [-0.2, 0) is 0 Å². The molecule has 2 heterocycles. The molecule has 2 N–H and O–H groups in total.